The van der Waals surface area contributed by atoms with Crippen LogP contribution in [0.25, 0.3) is 0 Å². The predicted octanol–water partition coefficient (Wildman–Crippen LogP) is 8.43. The molecule has 1 saturated carbocycles. The summed E-state index contributed by atoms with van der Waals surface area (Å²) in [6.07, 6.45) is 17.9. The summed E-state index contributed by atoms with van der Waals surface area (Å²) < 4.78 is 25.8. The molecule has 5 nitrogen and oxygen atoms in total. The van der Waals surface area contributed by atoms with Gasteiger partial charge in [0.15, 0.2) is 0 Å². The number of ether oxygens (including phenoxy) is 2. The summed E-state index contributed by atoms with van der Waals surface area (Å²) in [5, 5.41) is 0. The molecule has 1 heterocycles. The minimum Gasteiger partial charge on any atom is -0.494 e. The molecule has 0 spiro atoms. The number of carbonyl (C=O) groups is 1. The summed E-state index contributed by atoms with van der Waals surface area (Å²) in [5.41, 5.74) is -0.240. The van der Waals surface area contributed by atoms with Crippen molar-refractivity contribution < 1.29 is 18.7 Å². The molecule has 0 N–H and O–H groups in total. The zero-order valence-electron chi connectivity index (χ0n) is 22.1. The number of hydrogen-bond donors (Lipinski definition) is 0. The third-order valence-corrected chi connectivity index (χ3v) is 7.21. The molecule has 0 amide bonds. The van der Waals surface area contributed by atoms with Crippen LogP contribution in [-0.2, 0) is 0 Å². The molecule has 0 radical (unpaired) electrons. The second-order valence-electron chi connectivity index (χ2n) is 10.1. The zero-order chi connectivity index (χ0) is 25.6. The maximum Gasteiger partial charge on any atom is 0.349 e. The standard InChI is InChI=1S/C30H43FN2O3/c1-3-5-7-8-9-11-21-35-25-17-19-26(20-18-25)36-30(34)27-22-32-29(33-28(27)31)24-15-13-23(14-16-24)12-10-6-4-2/h17-20,22-24H,3-16,21H2,1-2H3. The first-order valence-electron chi connectivity index (χ1n) is 14.1. The Morgan fingerprint density at radius 2 is 1.53 bits per heavy atom. The number of rotatable bonds is 15. The van der Waals surface area contributed by atoms with Crippen LogP contribution >= 0.6 is 0 Å². The number of nitrogens with zero attached hydrogens (tertiary/aromatic N) is 2. The van der Waals surface area contributed by atoms with Crippen molar-refractivity contribution in [1.82, 2.24) is 9.97 Å². The molecule has 0 bridgehead atoms. The van der Waals surface area contributed by atoms with Gasteiger partial charge in [-0.25, -0.2) is 14.8 Å². The van der Waals surface area contributed by atoms with E-state index in [1.54, 1.807) is 24.3 Å². The second-order valence-corrected chi connectivity index (χ2v) is 10.1. The van der Waals surface area contributed by atoms with Crippen molar-refractivity contribution >= 4 is 5.97 Å². The average Bonchev–Trinajstić information content (AvgIpc) is 2.89. The highest BCUT2D eigenvalue weighted by atomic mass is 19.1. The monoisotopic (exact) mass is 498 g/mol. The van der Waals surface area contributed by atoms with E-state index in [1.807, 2.05) is 0 Å². The van der Waals surface area contributed by atoms with E-state index >= 15 is 0 Å². The van der Waals surface area contributed by atoms with Gasteiger partial charge < -0.3 is 9.47 Å². The van der Waals surface area contributed by atoms with E-state index in [4.69, 9.17) is 9.47 Å². The van der Waals surface area contributed by atoms with Gasteiger partial charge in [-0.05, 0) is 62.3 Å². The molecule has 0 atom stereocenters. The lowest BCUT2D eigenvalue weighted by Crippen LogP contribution is -2.18. The average molecular weight is 499 g/mol. The summed E-state index contributed by atoms with van der Waals surface area (Å²) in [6, 6.07) is 6.82. The van der Waals surface area contributed by atoms with Gasteiger partial charge in [-0.2, -0.15) is 4.39 Å². The van der Waals surface area contributed by atoms with Crippen LogP contribution in [0, 0.1) is 11.9 Å². The lowest BCUT2D eigenvalue weighted by molar-refractivity contribution is 0.0727. The molecular formula is C30H43FN2O3. The number of hydrogen-bond acceptors (Lipinski definition) is 5. The van der Waals surface area contributed by atoms with Crippen LogP contribution in [0.1, 0.15) is 126 Å². The Labute approximate surface area is 216 Å². The van der Waals surface area contributed by atoms with E-state index in [-0.39, 0.29) is 11.5 Å². The number of aromatic nitrogens is 2. The van der Waals surface area contributed by atoms with E-state index in [9.17, 15) is 9.18 Å². The van der Waals surface area contributed by atoms with Crippen LogP contribution in [0.5, 0.6) is 11.5 Å². The molecule has 2 aromatic rings. The molecule has 0 saturated heterocycles. The third kappa shape index (κ3) is 9.18. The van der Waals surface area contributed by atoms with Gasteiger partial charge >= 0.3 is 5.97 Å². The molecule has 0 aliphatic heterocycles. The van der Waals surface area contributed by atoms with Crippen molar-refractivity contribution in [1.29, 1.82) is 0 Å². The maximum atomic E-state index is 14.7. The van der Waals surface area contributed by atoms with E-state index in [2.05, 4.69) is 23.8 Å². The summed E-state index contributed by atoms with van der Waals surface area (Å²) in [4.78, 5) is 20.9. The largest absolute Gasteiger partial charge is 0.494 e. The number of carbonyl (C=O) groups excluding carboxylic acids is 1. The maximum absolute atomic E-state index is 14.7. The first-order chi connectivity index (χ1) is 17.6. The molecular weight excluding hydrogens is 455 g/mol. The Morgan fingerprint density at radius 1 is 0.889 bits per heavy atom. The highest BCUT2D eigenvalue weighted by molar-refractivity contribution is 5.90. The van der Waals surface area contributed by atoms with Gasteiger partial charge in [0.05, 0.1) is 6.61 Å². The quantitative estimate of drug-likeness (QED) is 0.107. The van der Waals surface area contributed by atoms with E-state index < -0.39 is 11.9 Å². The summed E-state index contributed by atoms with van der Waals surface area (Å²) in [5.74, 6) is 0.880. The Morgan fingerprint density at radius 3 is 2.22 bits per heavy atom. The Kier molecular flexibility index (Phi) is 12.1. The smallest absolute Gasteiger partial charge is 0.349 e. The fourth-order valence-electron chi connectivity index (χ4n) is 4.94. The van der Waals surface area contributed by atoms with Gasteiger partial charge in [0, 0.05) is 12.1 Å². The fraction of sp³-hybridized carbons (Fsp3) is 0.633. The van der Waals surface area contributed by atoms with Crippen molar-refractivity contribution in [2.24, 2.45) is 5.92 Å². The topological polar surface area (TPSA) is 61.3 Å². The van der Waals surface area contributed by atoms with Gasteiger partial charge in [0.25, 0.3) is 0 Å². The van der Waals surface area contributed by atoms with E-state index in [0.29, 0.717) is 18.2 Å². The van der Waals surface area contributed by atoms with Crippen LogP contribution in [0.15, 0.2) is 30.5 Å². The number of unbranched alkanes of at least 4 members (excludes halogenated alkanes) is 7. The minimum absolute atomic E-state index is 0.163. The van der Waals surface area contributed by atoms with E-state index in [0.717, 1.165) is 43.8 Å². The van der Waals surface area contributed by atoms with Crippen LogP contribution < -0.4 is 9.47 Å². The van der Waals surface area contributed by atoms with Gasteiger partial charge in [0.1, 0.15) is 22.9 Å². The van der Waals surface area contributed by atoms with Crippen molar-refractivity contribution in [2.45, 2.75) is 110 Å². The summed E-state index contributed by atoms with van der Waals surface area (Å²) in [6.45, 7) is 5.11. The van der Waals surface area contributed by atoms with E-state index in [1.165, 1.54) is 64.0 Å². The molecule has 1 aliphatic rings. The fourth-order valence-corrected chi connectivity index (χ4v) is 4.94. The lowest BCUT2D eigenvalue weighted by Gasteiger charge is -2.27. The minimum atomic E-state index is -0.811. The number of esters is 1. The predicted molar refractivity (Wildman–Crippen MR) is 141 cm³/mol. The van der Waals surface area contributed by atoms with Crippen LogP contribution in [0.4, 0.5) is 4.39 Å². The zero-order valence-corrected chi connectivity index (χ0v) is 22.1. The van der Waals surface area contributed by atoms with Gasteiger partial charge in [0.2, 0.25) is 5.95 Å². The van der Waals surface area contributed by atoms with Crippen molar-refractivity contribution in [3.63, 3.8) is 0 Å². The first-order valence-corrected chi connectivity index (χ1v) is 14.1. The van der Waals surface area contributed by atoms with Gasteiger partial charge in [-0.15, -0.1) is 0 Å². The third-order valence-electron chi connectivity index (χ3n) is 7.21. The van der Waals surface area contributed by atoms with Crippen LogP contribution in [0.2, 0.25) is 0 Å². The summed E-state index contributed by atoms with van der Waals surface area (Å²) >= 11 is 0. The molecule has 6 heteroatoms. The lowest BCUT2D eigenvalue weighted by atomic mass is 9.79. The number of halogens is 1. The highest BCUT2D eigenvalue weighted by Crippen LogP contribution is 2.36. The van der Waals surface area contributed by atoms with Crippen molar-refractivity contribution in [3.8, 4) is 11.5 Å². The highest BCUT2D eigenvalue weighted by Gasteiger charge is 2.26. The Balaban J connectivity index is 1.43. The molecule has 1 aromatic heterocycles. The SMILES string of the molecule is CCCCCCCCOc1ccc(OC(=O)c2cnc(C3CCC(CCCCC)CC3)nc2F)cc1. The molecule has 1 aromatic carbocycles. The molecule has 1 aliphatic carbocycles. The van der Waals surface area contributed by atoms with Crippen LogP contribution in [0.3, 0.4) is 0 Å². The van der Waals surface area contributed by atoms with Crippen molar-refractivity contribution in [2.75, 3.05) is 6.61 Å². The summed E-state index contributed by atoms with van der Waals surface area (Å²) in [7, 11) is 0. The molecule has 1 fully saturated rings. The van der Waals surface area contributed by atoms with Gasteiger partial charge in [-0.1, -0.05) is 71.6 Å². The molecule has 36 heavy (non-hydrogen) atoms. The first kappa shape index (κ1) is 28.1. The molecule has 0 unspecified atom stereocenters. The molecule has 3 rings (SSSR count). The second kappa shape index (κ2) is 15.6. The Hall–Kier alpha value is -2.50. The number of benzene rings is 1. The van der Waals surface area contributed by atoms with Crippen molar-refractivity contribution in [3.05, 3.63) is 47.8 Å². The van der Waals surface area contributed by atoms with Crippen LogP contribution in [-0.4, -0.2) is 22.5 Å². The normalized spacial score (nSPS) is 17.6. The molecule has 198 valence electrons. The van der Waals surface area contributed by atoms with Gasteiger partial charge in [-0.3, -0.25) is 0 Å². The Bertz CT molecular complexity index is 911.